The van der Waals surface area contributed by atoms with Crippen molar-refractivity contribution < 1.29 is 9.84 Å². The molecule has 1 saturated carbocycles. The second-order valence-electron chi connectivity index (χ2n) is 5.88. The van der Waals surface area contributed by atoms with E-state index in [0.29, 0.717) is 0 Å². The van der Waals surface area contributed by atoms with Gasteiger partial charge in [-0.15, -0.1) is 0 Å². The Morgan fingerprint density at radius 2 is 2.05 bits per heavy atom. The van der Waals surface area contributed by atoms with Crippen LogP contribution in [0.4, 0.5) is 0 Å². The fourth-order valence-electron chi connectivity index (χ4n) is 3.46. The van der Waals surface area contributed by atoms with Gasteiger partial charge in [-0.25, -0.2) is 0 Å². The van der Waals surface area contributed by atoms with E-state index in [1.54, 1.807) is 7.11 Å². The molecule has 2 heteroatoms. The number of hydrogen-bond donors (Lipinski definition) is 1. The van der Waals surface area contributed by atoms with Gasteiger partial charge in [0.25, 0.3) is 0 Å². The lowest BCUT2D eigenvalue weighted by atomic mass is 9.66. The zero-order valence-corrected chi connectivity index (χ0v) is 12.1. The SMILES string of the molecule is COCCC(C)C1(O)CCCCC1c1ccccc1. The highest BCUT2D eigenvalue weighted by molar-refractivity contribution is 5.24. The first kappa shape index (κ1) is 14.5. The van der Waals surface area contributed by atoms with Gasteiger partial charge in [0, 0.05) is 19.6 Å². The normalized spacial score (nSPS) is 29.1. The molecule has 3 atom stereocenters. The lowest BCUT2D eigenvalue weighted by Gasteiger charge is -2.44. The first-order chi connectivity index (χ1) is 9.18. The van der Waals surface area contributed by atoms with Crippen LogP contribution in [0.25, 0.3) is 0 Å². The highest BCUT2D eigenvalue weighted by atomic mass is 16.5. The molecule has 1 aromatic carbocycles. The predicted octanol–water partition coefficient (Wildman–Crippen LogP) is 3.75. The predicted molar refractivity (Wildman–Crippen MR) is 78.3 cm³/mol. The monoisotopic (exact) mass is 262 g/mol. The average Bonchev–Trinajstić information content (AvgIpc) is 2.46. The van der Waals surface area contributed by atoms with E-state index < -0.39 is 5.60 Å². The van der Waals surface area contributed by atoms with Crippen molar-refractivity contribution in [2.75, 3.05) is 13.7 Å². The van der Waals surface area contributed by atoms with E-state index in [1.807, 2.05) is 6.07 Å². The minimum Gasteiger partial charge on any atom is -0.389 e. The lowest BCUT2D eigenvalue weighted by Crippen LogP contribution is -2.45. The van der Waals surface area contributed by atoms with Crippen molar-refractivity contribution in [2.24, 2.45) is 5.92 Å². The molecule has 0 saturated heterocycles. The summed E-state index contributed by atoms with van der Waals surface area (Å²) in [6.45, 7) is 2.89. The Bertz CT molecular complexity index is 376. The van der Waals surface area contributed by atoms with Gasteiger partial charge in [-0.1, -0.05) is 50.1 Å². The van der Waals surface area contributed by atoms with Gasteiger partial charge in [-0.3, -0.25) is 0 Å². The molecule has 0 aromatic heterocycles. The van der Waals surface area contributed by atoms with Gasteiger partial charge in [0.1, 0.15) is 0 Å². The Balaban J connectivity index is 2.19. The van der Waals surface area contributed by atoms with Crippen molar-refractivity contribution in [1.29, 1.82) is 0 Å². The van der Waals surface area contributed by atoms with Crippen molar-refractivity contribution in [3.63, 3.8) is 0 Å². The molecule has 0 heterocycles. The first-order valence-corrected chi connectivity index (χ1v) is 7.44. The largest absolute Gasteiger partial charge is 0.389 e. The fraction of sp³-hybridized carbons (Fsp3) is 0.647. The number of aliphatic hydroxyl groups is 1. The summed E-state index contributed by atoms with van der Waals surface area (Å²) in [5, 5.41) is 11.2. The highest BCUT2D eigenvalue weighted by Crippen LogP contribution is 2.45. The summed E-state index contributed by atoms with van der Waals surface area (Å²) in [5.74, 6) is 0.548. The van der Waals surface area contributed by atoms with Crippen molar-refractivity contribution in [3.8, 4) is 0 Å². The summed E-state index contributed by atoms with van der Waals surface area (Å²) in [5.41, 5.74) is 0.715. The maximum Gasteiger partial charge on any atom is 0.0742 e. The summed E-state index contributed by atoms with van der Waals surface area (Å²) >= 11 is 0. The molecule has 3 unspecified atom stereocenters. The Morgan fingerprint density at radius 3 is 2.74 bits per heavy atom. The molecule has 1 aliphatic rings. The Labute approximate surface area is 116 Å². The van der Waals surface area contributed by atoms with E-state index in [9.17, 15) is 5.11 Å². The molecule has 2 rings (SSSR count). The minimum absolute atomic E-state index is 0.273. The van der Waals surface area contributed by atoms with Gasteiger partial charge in [-0.2, -0.15) is 0 Å². The van der Waals surface area contributed by atoms with E-state index in [4.69, 9.17) is 4.74 Å². The highest BCUT2D eigenvalue weighted by Gasteiger charge is 2.43. The summed E-state index contributed by atoms with van der Waals surface area (Å²) in [4.78, 5) is 0. The van der Waals surface area contributed by atoms with E-state index in [2.05, 4.69) is 31.2 Å². The zero-order chi connectivity index (χ0) is 13.7. The third-order valence-electron chi connectivity index (χ3n) is 4.73. The number of benzene rings is 1. The van der Waals surface area contributed by atoms with Crippen LogP contribution in [0.15, 0.2) is 30.3 Å². The van der Waals surface area contributed by atoms with E-state index >= 15 is 0 Å². The Hall–Kier alpha value is -0.860. The van der Waals surface area contributed by atoms with E-state index in [-0.39, 0.29) is 11.8 Å². The van der Waals surface area contributed by atoms with Gasteiger partial charge in [0.15, 0.2) is 0 Å². The van der Waals surface area contributed by atoms with E-state index in [0.717, 1.165) is 32.3 Å². The molecule has 0 bridgehead atoms. The van der Waals surface area contributed by atoms with Gasteiger partial charge in [0.05, 0.1) is 5.60 Å². The molecule has 0 spiro atoms. The van der Waals surface area contributed by atoms with Crippen LogP contribution < -0.4 is 0 Å². The van der Waals surface area contributed by atoms with Crippen LogP contribution in [0.2, 0.25) is 0 Å². The third kappa shape index (κ3) is 3.18. The maximum absolute atomic E-state index is 11.2. The van der Waals surface area contributed by atoms with Crippen molar-refractivity contribution in [2.45, 2.75) is 50.5 Å². The van der Waals surface area contributed by atoms with Crippen LogP contribution in [0.1, 0.15) is 50.5 Å². The zero-order valence-electron chi connectivity index (χ0n) is 12.1. The van der Waals surface area contributed by atoms with Crippen LogP contribution in [0.3, 0.4) is 0 Å². The van der Waals surface area contributed by atoms with Crippen molar-refractivity contribution in [1.82, 2.24) is 0 Å². The molecule has 0 radical (unpaired) electrons. The lowest BCUT2D eigenvalue weighted by molar-refractivity contribution is -0.0691. The van der Waals surface area contributed by atoms with Crippen LogP contribution >= 0.6 is 0 Å². The van der Waals surface area contributed by atoms with Crippen LogP contribution in [0, 0.1) is 5.92 Å². The molecule has 1 fully saturated rings. The molecule has 0 amide bonds. The second-order valence-corrected chi connectivity index (χ2v) is 5.88. The standard InChI is InChI=1S/C17H26O2/c1-14(11-13-19-2)17(18)12-7-6-10-16(17)15-8-4-3-5-9-15/h3-5,8-9,14,16,18H,6-7,10-13H2,1-2H3. The fourth-order valence-corrected chi connectivity index (χ4v) is 3.46. The minimum atomic E-state index is -0.571. The number of hydrogen-bond acceptors (Lipinski definition) is 2. The summed E-state index contributed by atoms with van der Waals surface area (Å²) in [6, 6.07) is 10.5. The smallest absolute Gasteiger partial charge is 0.0742 e. The van der Waals surface area contributed by atoms with Gasteiger partial charge < -0.3 is 9.84 Å². The average molecular weight is 262 g/mol. The number of rotatable bonds is 5. The summed E-state index contributed by atoms with van der Waals surface area (Å²) in [7, 11) is 1.73. The van der Waals surface area contributed by atoms with Crippen LogP contribution in [0.5, 0.6) is 0 Å². The molecule has 0 aliphatic heterocycles. The molecule has 106 valence electrons. The van der Waals surface area contributed by atoms with E-state index in [1.165, 1.54) is 12.0 Å². The number of ether oxygens (including phenoxy) is 1. The molecule has 1 aliphatic carbocycles. The maximum atomic E-state index is 11.2. The quantitative estimate of drug-likeness (QED) is 0.875. The molecule has 19 heavy (non-hydrogen) atoms. The number of methoxy groups -OCH3 is 1. The summed E-state index contributed by atoms with van der Waals surface area (Å²) < 4.78 is 5.18. The molecule has 2 nitrogen and oxygen atoms in total. The van der Waals surface area contributed by atoms with Crippen LogP contribution in [-0.4, -0.2) is 24.4 Å². The molecule has 1 N–H and O–H groups in total. The second kappa shape index (κ2) is 6.53. The van der Waals surface area contributed by atoms with Crippen molar-refractivity contribution >= 4 is 0 Å². The van der Waals surface area contributed by atoms with Gasteiger partial charge >= 0.3 is 0 Å². The van der Waals surface area contributed by atoms with Gasteiger partial charge in [0.2, 0.25) is 0 Å². The third-order valence-corrected chi connectivity index (χ3v) is 4.73. The Morgan fingerprint density at radius 1 is 1.32 bits per heavy atom. The Kier molecular flexibility index (Phi) is 5.00. The molecule has 1 aromatic rings. The van der Waals surface area contributed by atoms with Crippen LogP contribution in [-0.2, 0) is 4.74 Å². The summed E-state index contributed by atoms with van der Waals surface area (Å²) in [6.07, 6.45) is 5.29. The molecular formula is C17H26O2. The first-order valence-electron chi connectivity index (χ1n) is 7.44. The van der Waals surface area contributed by atoms with Crippen molar-refractivity contribution in [3.05, 3.63) is 35.9 Å². The molecular weight excluding hydrogens is 236 g/mol. The van der Waals surface area contributed by atoms with Gasteiger partial charge in [-0.05, 0) is 30.7 Å². The topological polar surface area (TPSA) is 29.5 Å².